The maximum atomic E-state index is 5.77. The van der Waals surface area contributed by atoms with Gasteiger partial charge in [-0.05, 0) is 40.2 Å². The lowest BCUT2D eigenvalue weighted by Gasteiger charge is -1.98. The van der Waals surface area contributed by atoms with Crippen LogP contribution in [0.3, 0.4) is 0 Å². The topological polar surface area (TPSA) is 52.0 Å². The molecule has 0 unspecified atom stereocenters. The van der Waals surface area contributed by atoms with Gasteiger partial charge in [0.25, 0.3) is 0 Å². The Morgan fingerprint density at radius 3 is 2.76 bits per heavy atom. The van der Waals surface area contributed by atoms with E-state index in [0.717, 1.165) is 26.7 Å². The predicted octanol–water partition coefficient (Wildman–Crippen LogP) is 3.84. The van der Waals surface area contributed by atoms with Crippen molar-refractivity contribution >= 4 is 32.5 Å². The summed E-state index contributed by atoms with van der Waals surface area (Å²) < 4.78 is 6.33. The fourth-order valence-corrected chi connectivity index (χ4v) is 2.26. The maximum absolute atomic E-state index is 5.77. The van der Waals surface area contributed by atoms with Crippen LogP contribution in [0.1, 0.15) is 0 Å². The normalized spacial score (nSPS) is 10.9. The van der Waals surface area contributed by atoms with Crippen molar-refractivity contribution in [2.45, 2.75) is 0 Å². The molecule has 0 spiro atoms. The largest absolute Gasteiger partial charge is 0.399 e. The lowest BCUT2D eigenvalue weighted by molar-refractivity contribution is 0.440. The van der Waals surface area contributed by atoms with Crippen molar-refractivity contribution in [1.29, 1.82) is 0 Å². The van der Waals surface area contributed by atoms with Gasteiger partial charge >= 0.3 is 0 Å². The summed E-state index contributed by atoms with van der Waals surface area (Å²) in [7, 11) is 0. The highest BCUT2D eigenvalue weighted by molar-refractivity contribution is 9.10. The van der Waals surface area contributed by atoms with Crippen LogP contribution in [0, 0.1) is 0 Å². The summed E-state index contributed by atoms with van der Waals surface area (Å²) in [5, 5.41) is 5.04. The SMILES string of the molecule is Nc1cccc(-c2onc3c(Br)cccc23)c1. The molecule has 84 valence electrons. The third-order valence-electron chi connectivity index (χ3n) is 2.61. The molecule has 3 aromatic rings. The quantitative estimate of drug-likeness (QED) is 0.692. The Morgan fingerprint density at radius 2 is 1.94 bits per heavy atom. The number of nitrogens with two attached hydrogens (primary N) is 1. The summed E-state index contributed by atoms with van der Waals surface area (Å²) in [6, 6.07) is 13.5. The Kier molecular flexibility index (Phi) is 2.37. The first-order valence-corrected chi connectivity index (χ1v) is 5.95. The summed E-state index contributed by atoms with van der Waals surface area (Å²) in [4.78, 5) is 0. The van der Waals surface area contributed by atoms with Crippen LogP contribution in [0.2, 0.25) is 0 Å². The van der Waals surface area contributed by atoms with Gasteiger partial charge in [-0.3, -0.25) is 0 Å². The van der Waals surface area contributed by atoms with E-state index in [1.165, 1.54) is 0 Å². The van der Waals surface area contributed by atoms with Gasteiger partial charge in [0.2, 0.25) is 0 Å². The van der Waals surface area contributed by atoms with Gasteiger partial charge in [-0.25, -0.2) is 0 Å². The Hall–Kier alpha value is -1.81. The fraction of sp³-hybridized carbons (Fsp3) is 0. The van der Waals surface area contributed by atoms with Crippen LogP contribution in [0.4, 0.5) is 5.69 Å². The zero-order valence-corrected chi connectivity index (χ0v) is 10.4. The molecule has 3 rings (SSSR count). The lowest BCUT2D eigenvalue weighted by Crippen LogP contribution is -1.84. The van der Waals surface area contributed by atoms with Crippen LogP contribution in [-0.4, -0.2) is 5.16 Å². The highest BCUT2D eigenvalue weighted by Gasteiger charge is 2.12. The predicted molar refractivity (Wildman–Crippen MR) is 71.6 cm³/mol. The van der Waals surface area contributed by atoms with Gasteiger partial charge in [-0.15, -0.1) is 0 Å². The Balaban J connectivity index is 2.28. The summed E-state index contributed by atoms with van der Waals surface area (Å²) >= 11 is 3.45. The number of hydrogen-bond acceptors (Lipinski definition) is 3. The second kappa shape index (κ2) is 3.89. The van der Waals surface area contributed by atoms with Gasteiger partial charge in [-0.1, -0.05) is 23.4 Å². The molecular weight excluding hydrogens is 280 g/mol. The van der Waals surface area contributed by atoms with E-state index < -0.39 is 0 Å². The van der Waals surface area contributed by atoms with Gasteiger partial charge in [0.15, 0.2) is 5.76 Å². The molecular formula is C13H9BrN2O. The molecule has 0 saturated carbocycles. The van der Waals surface area contributed by atoms with E-state index in [0.29, 0.717) is 5.69 Å². The number of benzene rings is 2. The van der Waals surface area contributed by atoms with Crippen LogP contribution in [0.5, 0.6) is 0 Å². The van der Waals surface area contributed by atoms with E-state index >= 15 is 0 Å². The first kappa shape index (κ1) is 10.4. The molecule has 17 heavy (non-hydrogen) atoms. The summed E-state index contributed by atoms with van der Waals surface area (Å²) in [6.07, 6.45) is 0. The summed E-state index contributed by atoms with van der Waals surface area (Å²) in [5.74, 6) is 0.744. The van der Waals surface area contributed by atoms with Crippen molar-refractivity contribution in [3.8, 4) is 11.3 Å². The second-order valence-electron chi connectivity index (χ2n) is 3.77. The minimum atomic E-state index is 0.710. The molecule has 0 atom stereocenters. The fourth-order valence-electron chi connectivity index (χ4n) is 1.82. The van der Waals surface area contributed by atoms with Crippen molar-refractivity contribution in [1.82, 2.24) is 5.16 Å². The van der Waals surface area contributed by atoms with Crippen molar-refractivity contribution in [3.63, 3.8) is 0 Å². The van der Waals surface area contributed by atoms with Gasteiger partial charge < -0.3 is 10.3 Å². The Morgan fingerprint density at radius 1 is 1.12 bits per heavy atom. The molecule has 1 heterocycles. The third-order valence-corrected chi connectivity index (χ3v) is 3.25. The molecule has 0 aliphatic carbocycles. The highest BCUT2D eigenvalue weighted by Crippen LogP contribution is 2.32. The number of fused-ring (bicyclic) bond motifs is 1. The molecule has 2 aromatic carbocycles. The average molecular weight is 289 g/mol. The molecule has 1 aromatic heterocycles. The standard InChI is InChI=1S/C13H9BrN2O/c14-11-6-2-5-10-12(11)16-17-13(10)8-3-1-4-9(15)7-8/h1-7H,15H2. The molecule has 0 fully saturated rings. The summed E-state index contributed by atoms with van der Waals surface area (Å²) in [6.45, 7) is 0. The van der Waals surface area contributed by atoms with Crippen LogP contribution < -0.4 is 5.73 Å². The van der Waals surface area contributed by atoms with Crippen LogP contribution in [-0.2, 0) is 0 Å². The van der Waals surface area contributed by atoms with Gasteiger partial charge in [0.05, 0.1) is 5.39 Å². The first-order valence-electron chi connectivity index (χ1n) is 5.15. The summed E-state index contributed by atoms with van der Waals surface area (Å²) in [5.41, 5.74) is 8.24. The van der Waals surface area contributed by atoms with E-state index in [-0.39, 0.29) is 0 Å². The molecule has 0 aliphatic rings. The maximum Gasteiger partial charge on any atom is 0.174 e. The third kappa shape index (κ3) is 1.70. The number of rotatable bonds is 1. The van der Waals surface area contributed by atoms with E-state index in [2.05, 4.69) is 21.1 Å². The highest BCUT2D eigenvalue weighted by atomic mass is 79.9. The minimum Gasteiger partial charge on any atom is -0.399 e. The number of nitrogen functional groups attached to an aromatic ring is 1. The zero-order chi connectivity index (χ0) is 11.8. The van der Waals surface area contributed by atoms with Crippen molar-refractivity contribution in [3.05, 3.63) is 46.9 Å². The zero-order valence-electron chi connectivity index (χ0n) is 8.85. The molecule has 0 bridgehead atoms. The van der Waals surface area contributed by atoms with Crippen LogP contribution in [0.15, 0.2) is 51.5 Å². The molecule has 0 saturated heterocycles. The van der Waals surface area contributed by atoms with Crippen LogP contribution in [0.25, 0.3) is 22.2 Å². The van der Waals surface area contributed by atoms with Crippen molar-refractivity contribution in [2.75, 3.05) is 5.73 Å². The monoisotopic (exact) mass is 288 g/mol. The average Bonchev–Trinajstić information content (AvgIpc) is 2.74. The van der Waals surface area contributed by atoms with E-state index in [1.807, 2.05) is 42.5 Å². The van der Waals surface area contributed by atoms with Crippen molar-refractivity contribution in [2.24, 2.45) is 0 Å². The van der Waals surface area contributed by atoms with E-state index in [1.54, 1.807) is 0 Å². The molecule has 4 heteroatoms. The molecule has 0 radical (unpaired) electrons. The van der Waals surface area contributed by atoms with Gasteiger partial charge in [0.1, 0.15) is 5.52 Å². The number of hydrogen-bond donors (Lipinski definition) is 1. The van der Waals surface area contributed by atoms with Crippen LogP contribution >= 0.6 is 15.9 Å². The van der Waals surface area contributed by atoms with Crippen molar-refractivity contribution < 1.29 is 4.52 Å². The number of anilines is 1. The molecule has 3 nitrogen and oxygen atoms in total. The molecule has 2 N–H and O–H groups in total. The second-order valence-corrected chi connectivity index (χ2v) is 4.63. The van der Waals surface area contributed by atoms with E-state index in [4.69, 9.17) is 10.3 Å². The number of aromatic nitrogens is 1. The van der Waals surface area contributed by atoms with Gasteiger partial charge in [-0.2, -0.15) is 0 Å². The van der Waals surface area contributed by atoms with E-state index in [9.17, 15) is 0 Å². The molecule has 0 amide bonds. The Labute approximate surface area is 106 Å². The number of nitrogens with zero attached hydrogens (tertiary/aromatic N) is 1. The lowest BCUT2D eigenvalue weighted by atomic mass is 10.1. The van der Waals surface area contributed by atoms with Gasteiger partial charge in [0, 0.05) is 15.7 Å². The smallest absolute Gasteiger partial charge is 0.174 e. The minimum absolute atomic E-state index is 0.710. The Bertz CT molecular complexity index is 691. The number of halogens is 1. The first-order chi connectivity index (χ1) is 8.25. The molecule has 0 aliphatic heterocycles.